The minimum Gasteiger partial charge on any atom is -0.478 e. The Hall–Kier alpha value is -1.46. The number of aromatic carboxylic acids is 1. The third kappa shape index (κ3) is 6.12. The van der Waals surface area contributed by atoms with Gasteiger partial charge < -0.3 is 15.2 Å². The van der Waals surface area contributed by atoms with E-state index in [9.17, 15) is 9.18 Å². The minimum absolute atomic E-state index is 0.300. The summed E-state index contributed by atoms with van der Waals surface area (Å²) in [4.78, 5) is 10.7. The third-order valence-electron chi connectivity index (χ3n) is 2.86. The average molecular weight is 283 g/mol. The van der Waals surface area contributed by atoms with Crippen molar-refractivity contribution in [1.82, 2.24) is 5.32 Å². The molecule has 0 atom stereocenters. The molecule has 112 valence electrons. The van der Waals surface area contributed by atoms with Crippen LogP contribution in [-0.4, -0.2) is 30.8 Å². The topological polar surface area (TPSA) is 58.6 Å². The van der Waals surface area contributed by atoms with E-state index in [2.05, 4.69) is 19.2 Å². The van der Waals surface area contributed by atoms with E-state index in [0.717, 1.165) is 18.6 Å². The van der Waals surface area contributed by atoms with Crippen molar-refractivity contribution < 1.29 is 19.0 Å². The molecule has 0 aliphatic carbocycles. The number of nitrogens with one attached hydrogen (secondary N) is 1. The van der Waals surface area contributed by atoms with Crippen LogP contribution in [0.15, 0.2) is 18.2 Å². The Labute approximate surface area is 119 Å². The normalized spacial score (nSPS) is 11.0. The summed E-state index contributed by atoms with van der Waals surface area (Å²) in [5.74, 6) is -1.32. The Morgan fingerprint density at radius 3 is 2.75 bits per heavy atom. The summed E-state index contributed by atoms with van der Waals surface area (Å²) in [5, 5.41) is 11.8. The summed E-state index contributed by atoms with van der Waals surface area (Å²) in [5.41, 5.74) is 0.417. The van der Waals surface area contributed by atoms with Gasteiger partial charge in [-0.3, -0.25) is 0 Å². The first kappa shape index (κ1) is 16.6. The predicted octanol–water partition coefficient (Wildman–Crippen LogP) is 2.68. The van der Waals surface area contributed by atoms with Crippen molar-refractivity contribution in [2.24, 2.45) is 5.92 Å². The number of hydrogen-bond donors (Lipinski definition) is 2. The van der Waals surface area contributed by atoms with E-state index >= 15 is 0 Å². The van der Waals surface area contributed by atoms with Gasteiger partial charge in [-0.25, -0.2) is 9.18 Å². The molecule has 0 amide bonds. The van der Waals surface area contributed by atoms with Crippen LogP contribution >= 0.6 is 0 Å². The first-order chi connectivity index (χ1) is 9.50. The van der Waals surface area contributed by atoms with E-state index < -0.39 is 11.8 Å². The van der Waals surface area contributed by atoms with Crippen LogP contribution < -0.4 is 5.32 Å². The van der Waals surface area contributed by atoms with Crippen LogP contribution in [0.2, 0.25) is 0 Å². The lowest BCUT2D eigenvalue weighted by atomic mass is 10.1. The molecule has 4 nitrogen and oxygen atoms in total. The summed E-state index contributed by atoms with van der Waals surface area (Å²) in [6, 6.07) is 4.14. The third-order valence-corrected chi connectivity index (χ3v) is 2.86. The Kier molecular flexibility index (Phi) is 7.18. The van der Waals surface area contributed by atoms with Crippen LogP contribution in [0.1, 0.15) is 36.2 Å². The van der Waals surface area contributed by atoms with Crippen LogP contribution in [0.3, 0.4) is 0 Å². The molecule has 1 aromatic carbocycles. The van der Waals surface area contributed by atoms with Crippen molar-refractivity contribution in [3.8, 4) is 0 Å². The van der Waals surface area contributed by atoms with Gasteiger partial charge in [0.2, 0.25) is 0 Å². The molecular weight excluding hydrogens is 261 g/mol. The van der Waals surface area contributed by atoms with Gasteiger partial charge in [-0.2, -0.15) is 0 Å². The van der Waals surface area contributed by atoms with Gasteiger partial charge in [0.05, 0.1) is 12.2 Å². The van der Waals surface area contributed by atoms with Crippen LogP contribution in [0.4, 0.5) is 4.39 Å². The second kappa shape index (κ2) is 8.66. The number of carboxylic acids is 1. The Bertz CT molecular complexity index is 435. The van der Waals surface area contributed by atoms with Gasteiger partial charge >= 0.3 is 5.97 Å². The number of benzene rings is 1. The molecule has 0 aromatic heterocycles. The summed E-state index contributed by atoms with van der Waals surface area (Å²) < 4.78 is 18.9. The maximum atomic E-state index is 13.4. The lowest BCUT2D eigenvalue weighted by Crippen LogP contribution is -2.20. The predicted molar refractivity (Wildman–Crippen MR) is 75.3 cm³/mol. The van der Waals surface area contributed by atoms with E-state index in [1.807, 2.05) is 0 Å². The van der Waals surface area contributed by atoms with Crippen molar-refractivity contribution in [2.45, 2.75) is 26.8 Å². The van der Waals surface area contributed by atoms with Crippen LogP contribution in [0.5, 0.6) is 0 Å². The molecule has 0 aliphatic rings. The monoisotopic (exact) mass is 283 g/mol. The van der Waals surface area contributed by atoms with Gasteiger partial charge in [0.15, 0.2) is 0 Å². The van der Waals surface area contributed by atoms with E-state index in [1.54, 1.807) is 6.07 Å². The molecule has 2 N–H and O–H groups in total. The molecule has 1 rings (SSSR count). The van der Waals surface area contributed by atoms with Gasteiger partial charge in [-0.1, -0.05) is 19.9 Å². The second-order valence-electron chi connectivity index (χ2n) is 5.09. The SMILES string of the molecule is CC(C)CCOCCNCc1ccc(C(=O)O)c(F)c1. The van der Waals surface area contributed by atoms with Crippen LogP contribution in [0, 0.1) is 11.7 Å². The fraction of sp³-hybridized carbons (Fsp3) is 0.533. The van der Waals surface area contributed by atoms with Gasteiger partial charge in [0, 0.05) is 19.7 Å². The van der Waals surface area contributed by atoms with Crippen molar-refractivity contribution in [3.63, 3.8) is 0 Å². The van der Waals surface area contributed by atoms with E-state index in [4.69, 9.17) is 9.84 Å². The summed E-state index contributed by atoms with van der Waals surface area (Å²) in [6.45, 7) is 6.84. The van der Waals surface area contributed by atoms with Gasteiger partial charge in [0.25, 0.3) is 0 Å². The highest BCUT2D eigenvalue weighted by Gasteiger charge is 2.09. The highest BCUT2D eigenvalue weighted by Crippen LogP contribution is 2.10. The molecule has 0 spiro atoms. The van der Waals surface area contributed by atoms with Crippen molar-refractivity contribution in [3.05, 3.63) is 35.1 Å². The zero-order valence-corrected chi connectivity index (χ0v) is 12.0. The summed E-state index contributed by atoms with van der Waals surface area (Å²) in [7, 11) is 0. The van der Waals surface area contributed by atoms with E-state index in [1.165, 1.54) is 12.1 Å². The lowest BCUT2D eigenvalue weighted by molar-refractivity contribution is 0.0692. The van der Waals surface area contributed by atoms with Crippen molar-refractivity contribution >= 4 is 5.97 Å². The Morgan fingerprint density at radius 2 is 2.15 bits per heavy atom. The standard InChI is InChI=1S/C15H22FNO3/c1-11(2)5-7-20-8-6-17-10-12-3-4-13(15(18)19)14(16)9-12/h3-4,9,11,17H,5-8,10H2,1-2H3,(H,18,19). The smallest absolute Gasteiger partial charge is 0.338 e. The number of hydrogen-bond acceptors (Lipinski definition) is 3. The minimum atomic E-state index is -1.25. The summed E-state index contributed by atoms with van der Waals surface area (Å²) in [6.07, 6.45) is 1.04. The van der Waals surface area contributed by atoms with Crippen molar-refractivity contribution in [1.29, 1.82) is 0 Å². The number of halogens is 1. The number of carboxylic acid groups (broad SMARTS) is 1. The molecule has 0 saturated heterocycles. The maximum absolute atomic E-state index is 13.4. The molecule has 5 heteroatoms. The van der Waals surface area contributed by atoms with Gasteiger partial charge in [0.1, 0.15) is 5.82 Å². The van der Waals surface area contributed by atoms with Gasteiger partial charge in [-0.05, 0) is 30.0 Å². The highest BCUT2D eigenvalue weighted by molar-refractivity contribution is 5.87. The zero-order valence-electron chi connectivity index (χ0n) is 12.0. The Balaban J connectivity index is 2.22. The fourth-order valence-electron chi connectivity index (χ4n) is 1.64. The molecule has 0 heterocycles. The van der Waals surface area contributed by atoms with E-state index in [0.29, 0.717) is 25.6 Å². The number of rotatable bonds is 9. The number of ether oxygens (including phenoxy) is 1. The summed E-state index contributed by atoms with van der Waals surface area (Å²) >= 11 is 0. The molecule has 0 saturated carbocycles. The molecular formula is C15H22FNO3. The maximum Gasteiger partial charge on any atom is 0.338 e. The largest absolute Gasteiger partial charge is 0.478 e. The van der Waals surface area contributed by atoms with Crippen molar-refractivity contribution in [2.75, 3.05) is 19.8 Å². The molecule has 0 aliphatic heterocycles. The molecule has 0 bridgehead atoms. The molecule has 20 heavy (non-hydrogen) atoms. The highest BCUT2D eigenvalue weighted by atomic mass is 19.1. The molecule has 0 unspecified atom stereocenters. The second-order valence-corrected chi connectivity index (χ2v) is 5.09. The van der Waals surface area contributed by atoms with Crippen LogP contribution in [-0.2, 0) is 11.3 Å². The lowest BCUT2D eigenvalue weighted by Gasteiger charge is -2.08. The van der Waals surface area contributed by atoms with Crippen LogP contribution in [0.25, 0.3) is 0 Å². The zero-order chi connectivity index (χ0) is 15.0. The number of carbonyl (C=O) groups is 1. The average Bonchev–Trinajstić information content (AvgIpc) is 2.37. The molecule has 1 aromatic rings. The Morgan fingerprint density at radius 1 is 1.40 bits per heavy atom. The van der Waals surface area contributed by atoms with Gasteiger partial charge in [-0.15, -0.1) is 0 Å². The fourth-order valence-corrected chi connectivity index (χ4v) is 1.64. The first-order valence-electron chi connectivity index (χ1n) is 6.81. The quantitative estimate of drug-likeness (QED) is 0.684. The molecule has 0 fully saturated rings. The molecule has 0 radical (unpaired) electrons. The van der Waals surface area contributed by atoms with E-state index in [-0.39, 0.29) is 5.56 Å². The first-order valence-corrected chi connectivity index (χ1v) is 6.81.